The number of aromatic nitrogens is 2. The van der Waals surface area contributed by atoms with E-state index in [1.165, 1.54) is 0 Å². The molecule has 2 N–H and O–H groups in total. The number of hydrogen-bond acceptors (Lipinski definition) is 5. The monoisotopic (exact) mass is 588 g/mol. The number of carbonyl (C=O) groups is 2. The van der Waals surface area contributed by atoms with Gasteiger partial charge in [-0.2, -0.15) is 5.10 Å². The van der Waals surface area contributed by atoms with Gasteiger partial charge < -0.3 is 20.1 Å². The lowest BCUT2D eigenvalue weighted by molar-refractivity contribution is -0.121. The molecule has 1 aliphatic carbocycles. The van der Waals surface area contributed by atoms with E-state index in [0.29, 0.717) is 36.3 Å². The predicted molar refractivity (Wildman–Crippen MR) is 170 cm³/mol. The van der Waals surface area contributed by atoms with Gasteiger partial charge in [-0.05, 0) is 67.7 Å². The number of nitrogens with one attached hydrogen (secondary N) is 2. The highest BCUT2D eigenvalue weighted by atomic mass is 16.5. The second kappa shape index (κ2) is 15.6. The van der Waals surface area contributed by atoms with E-state index in [9.17, 15) is 9.59 Å². The van der Waals surface area contributed by atoms with Crippen LogP contribution < -0.4 is 20.1 Å². The highest BCUT2D eigenvalue weighted by molar-refractivity contribution is 5.94. The van der Waals surface area contributed by atoms with Gasteiger partial charge in [0.25, 0.3) is 5.91 Å². The third-order valence-corrected chi connectivity index (χ3v) is 8.38. The summed E-state index contributed by atoms with van der Waals surface area (Å²) >= 11 is 0. The minimum atomic E-state index is -0.311. The summed E-state index contributed by atoms with van der Waals surface area (Å²) in [4.78, 5) is 26.3. The van der Waals surface area contributed by atoms with Crippen molar-refractivity contribution >= 4 is 11.8 Å². The van der Waals surface area contributed by atoms with E-state index in [0.717, 1.165) is 55.3 Å². The maximum atomic E-state index is 13.7. The molecule has 1 unspecified atom stereocenters. The Morgan fingerprint density at radius 2 is 1.74 bits per heavy atom. The number of carbonyl (C=O) groups excluding carboxylic acids is 2. The van der Waals surface area contributed by atoms with Gasteiger partial charge in [0.15, 0.2) is 5.69 Å². The maximum absolute atomic E-state index is 13.7. The third kappa shape index (κ3) is 8.62. The van der Waals surface area contributed by atoms with Crippen LogP contribution in [0.4, 0.5) is 0 Å². The molecule has 1 aromatic heterocycles. The Morgan fingerprint density at radius 1 is 1.02 bits per heavy atom. The molecule has 8 nitrogen and oxygen atoms in total. The third-order valence-electron chi connectivity index (χ3n) is 8.38. The minimum absolute atomic E-state index is 0.0516. The highest BCUT2D eigenvalue weighted by Crippen LogP contribution is 2.42. The van der Waals surface area contributed by atoms with Crippen molar-refractivity contribution in [2.75, 3.05) is 13.7 Å². The first kappa shape index (κ1) is 32.1. The fraction of sp³-hybridized carbons (Fsp3) is 0.514. The number of benzene rings is 2. The Hall–Kier alpha value is -3.81. The van der Waals surface area contributed by atoms with Crippen molar-refractivity contribution in [3.05, 3.63) is 65.9 Å². The zero-order chi connectivity index (χ0) is 30.8. The number of nitrogens with zero attached hydrogens (tertiary/aromatic N) is 2. The molecule has 8 heteroatoms. The van der Waals surface area contributed by atoms with Crippen molar-refractivity contribution in [1.29, 1.82) is 0 Å². The zero-order valence-corrected chi connectivity index (χ0v) is 26.4. The van der Waals surface area contributed by atoms with Crippen molar-refractivity contribution < 1.29 is 19.1 Å². The van der Waals surface area contributed by atoms with Crippen LogP contribution in [0.2, 0.25) is 0 Å². The van der Waals surface area contributed by atoms with Gasteiger partial charge in [-0.1, -0.05) is 70.5 Å². The second-order valence-electron chi connectivity index (χ2n) is 12.1. The SMILES string of the molecule is CCCCNC(=O)CC(NC(=O)c1cc(-c2c(OC)cccc2OCc2ccccc2)n(C2CCC(C)CC2)n1)C(C)C. The largest absolute Gasteiger partial charge is 0.496 e. The molecular weight excluding hydrogens is 540 g/mol. The molecule has 3 aromatic rings. The fourth-order valence-electron chi connectivity index (χ4n) is 5.62. The van der Waals surface area contributed by atoms with Crippen LogP contribution in [-0.2, 0) is 11.4 Å². The first-order valence-electron chi connectivity index (χ1n) is 15.8. The van der Waals surface area contributed by atoms with Crippen LogP contribution in [0.5, 0.6) is 11.5 Å². The van der Waals surface area contributed by atoms with E-state index in [1.54, 1.807) is 7.11 Å². The molecule has 1 atom stereocenters. The van der Waals surface area contributed by atoms with Crippen LogP contribution >= 0.6 is 0 Å². The average molecular weight is 589 g/mol. The summed E-state index contributed by atoms with van der Waals surface area (Å²) in [7, 11) is 1.65. The Labute approximate surface area is 256 Å². The van der Waals surface area contributed by atoms with Crippen molar-refractivity contribution in [3.8, 4) is 22.8 Å². The lowest BCUT2D eigenvalue weighted by atomic mass is 9.87. The number of amides is 2. The molecule has 1 saturated carbocycles. The first-order chi connectivity index (χ1) is 20.8. The Bertz CT molecular complexity index is 1330. The highest BCUT2D eigenvalue weighted by Gasteiger charge is 2.29. The van der Waals surface area contributed by atoms with Crippen LogP contribution in [0.25, 0.3) is 11.3 Å². The predicted octanol–water partition coefficient (Wildman–Crippen LogP) is 6.95. The molecule has 0 spiro atoms. The van der Waals surface area contributed by atoms with Gasteiger partial charge in [0, 0.05) is 19.0 Å². The van der Waals surface area contributed by atoms with Crippen LogP contribution in [-0.4, -0.2) is 41.3 Å². The van der Waals surface area contributed by atoms with E-state index >= 15 is 0 Å². The Morgan fingerprint density at radius 3 is 2.42 bits per heavy atom. The summed E-state index contributed by atoms with van der Waals surface area (Å²) in [5.74, 6) is 1.74. The summed E-state index contributed by atoms with van der Waals surface area (Å²) in [5.41, 5.74) is 2.96. The molecule has 2 aromatic carbocycles. The Kier molecular flexibility index (Phi) is 11.6. The summed E-state index contributed by atoms with van der Waals surface area (Å²) in [5, 5.41) is 11.0. The molecule has 232 valence electrons. The summed E-state index contributed by atoms with van der Waals surface area (Å²) in [6, 6.07) is 17.5. The number of hydrogen-bond donors (Lipinski definition) is 2. The van der Waals surface area contributed by atoms with Crippen LogP contribution in [0, 0.1) is 11.8 Å². The van der Waals surface area contributed by atoms with E-state index < -0.39 is 0 Å². The van der Waals surface area contributed by atoms with Gasteiger partial charge in [-0.3, -0.25) is 14.3 Å². The Balaban J connectivity index is 1.66. The standard InChI is InChI=1S/C35H48N4O4/c1-6-7-20-36-33(40)22-28(24(2)3)37-35(41)29-21-30(39(38-29)27-18-16-25(4)17-19-27)34-31(42-5)14-11-15-32(34)43-23-26-12-9-8-10-13-26/h8-15,21,24-25,27-28H,6-7,16-20,22-23H2,1-5H3,(H,36,40)(H,37,41). The molecule has 4 rings (SSSR count). The normalized spacial score (nSPS) is 17.3. The van der Waals surface area contributed by atoms with E-state index in [2.05, 4.69) is 24.5 Å². The smallest absolute Gasteiger partial charge is 0.272 e. The quantitative estimate of drug-likeness (QED) is 0.199. The van der Waals surface area contributed by atoms with Crippen LogP contribution in [0.1, 0.15) is 94.7 Å². The molecule has 1 aliphatic rings. The molecule has 1 fully saturated rings. The number of rotatable bonds is 14. The lowest BCUT2D eigenvalue weighted by Gasteiger charge is -2.28. The van der Waals surface area contributed by atoms with Crippen molar-refractivity contribution in [3.63, 3.8) is 0 Å². The van der Waals surface area contributed by atoms with Crippen molar-refractivity contribution in [2.24, 2.45) is 11.8 Å². The van der Waals surface area contributed by atoms with Gasteiger partial charge in [-0.15, -0.1) is 0 Å². The fourth-order valence-corrected chi connectivity index (χ4v) is 5.62. The topological polar surface area (TPSA) is 94.5 Å². The van der Waals surface area contributed by atoms with Crippen molar-refractivity contribution in [1.82, 2.24) is 20.4 Å². The number of unbranched alkanes of at least 4 members (excludes halogenated alkanes) is 1. The lowest BCUT2D eigenvalue weighted by Crippen LogP contribution is -2.42. The maximum Gasteiger partial charge on any atom is 0.272 e. The summed E-state index contributed by atoms with van der Waals surface area (Å²) < 4.78 is 14.2. The molecule has 0 saturated heterocycles. The number of methoxy groups -OCH3 is 1. The molecule has 0 radical (unpaired) electrons. The summed E-state index contributed by atoms with van der Waals surface area (Å²) in [6.07, 6.45) is 6.36. The molecular formula is C35H48N4O4. The average Bonchev–Trinajstić information content (AvgIpc) is 3.45. The van der Waals surface area contributed by atoms with E-state index in [4.69, 9.17) is 14.6 Å². The van der Waals surface area contributed by atoms with Crippen LogP contribution in [0.3, 0.4) is 0 Å². The van der Waals surface area contributed by atoms with Gasteiger partial charge in [0.2, 0.25) is 5.91 Å². The van der Waals surface area contributed by atoms with Gasteiger partial charge in [0.05, 0.1) is 24.4 Å². The van der Waals surface area contributed by atoms with Gasteiger partial charge in [0.1, 0.15) is 18.1 Å². The molecule has 2 amide bonds. The second-order valence-corrected chi connectivity index (χ2v) is 12.1. The molecule has 0 bridgehead atoms. The minimum Gasteiger partial charge on any atom is -0.496 e. The first-order valence-corrected chi connectivity index (χ1v) is 15.8. The zero-order valence-electron chi connectivity index (χ0n) is 26.4. The molecule has 0 aliphatic heterocycles. The van der Waals surface area contributed by atoms with Crippen LogP contribution in [0.15, 0.2) is 54.6 Å². The van der Waals surface area contributed by atoms with Gasteiger partial charge in [-0.25, -0.2) is 0 Å². The number of ether oxygens (including phenoxy) is 2. The van der Waals surface area contributed by atoms with E-state index in [-0.39, 0.29) is 36.2 Å². The van der Waals surface area contributed by atoms with Gasteiger partial charge >= 0.3 is 0 Å². The molecule has 1 heterocycles. The van der Waals surface area contributed by atoms with Crippen molar-refractivity contribution in [2.45, 2.75) is 91.3 Å². The molecule has 43 heavy (non-hydrogen) atoms. The van der Waals surface area contributed by atoms with E-state index in [1.807, 2.05) is 73.1 Å². The summed E-state index contributed by atoms with van der Waals surface area (Å²) in [6.45, 7) is 9.47.